The van der Waals surface area contributed by atoms with E-state index in [0.29, 0.717) is 5.02 Å². The van der Waals surface area contributed by atoms with E-state index >= 15 is 0 Å². The van der Waals surface area contributed by atoms with E-state index in [1.54, 1.807) is 13.2 Å². The minimum absolute atomic E-state index is 0.646. The summed E-state index contributed by atoms with van der Waals surface area (Å²) in [7, 11) is 1.63. The molecule has 0 aliphatic carbocycles. The highest BCUT2D eigenvalue weighted by Gasteiger charge is 2.09. The Labute approximate surface area is 134 Å². The van der Waals surface area contributed by atoms with Crippen molar-refractivity contribution in [2.75, 3.05) is 12.4 Å². The van der Waals surface area contributed by atoms with Crippen molar-refractivity contribution in [2.24, 2.45) is 0 Å². The maximum absolute atomic E-state index is 6.09. The molecule has 0 aliphatic heterocycles. The summed E-state index contributed by atoms with van der Waals surface area (Å²) in [4.78, 5) is 8.98. The summed E-state index contributed by atoms with van der Waals surface area (Å²) < 4.78 is 5.38. The molecule has 2 aromatic heterocycles. The number of pyridine rings is 2. The van der Waals surface area contributed by atoms with E-state index in [-0.39, 0.29) is 0 Å². The molecule has 1 aromatic carbocycles. The van der Waals surface area contributed by atoms with Crippen molar-refractivity contribution in [1.29, 1.82) is 0 Å². The number of aryl methyl sites for hydroxylation is 2. The van der Waals surface area contributed by atoms with Gasteiger partial charge >= 0.3 is 0 Å². The Bertz CT molecular complexity index is 843. The molecule has 0 bridgehead atoms. The van der Waals surface area contributed by atoms with E-state index < -0.39 is 0 Å². The van der Waals surface area contributed by atoms with Gasteiger partial charge in [-0.05, 0) is 50.2 Å². The van der Waals surface area contributed by atoms with Crippen LogP contribution >= 0.6 is 11.6 Å². The van der Waals surface area contributed by atoms with Gasteiger partial charge in [0.25, 0.3) is 0 Å². The molecule has 0 fully saturated rings. The molecule has 2 heterocycles. The molecule has 3 rings (SSSR count). The van der Waals surface area contributed by atoms with Crippen LogP contribution in [0.15, 0.2) is 36.4 Å². The van der Waals surface area contributed by atoms with Crippen LogP contribution in [0.4, 0.5) is 11.4 Å². The number of hydrogen-bond donors (Lipinski definition) is 1. The Hall–Kier alpha value is -2.33. The molecule has 0 saturated carbocycles. The summed E-state index contributed by atoms with van der Waals surface area (Å²) in [6.45, 7) is 3.90. The summed E-state index contributed by atoms with van der Waals surface area (Å²) in [5.74, 6) is 0.729. The van der Waals surface area contributed by atoms with Gasteiger partial charge < -0.3 is 10.1 Å². The lowest BCUT2D eigenvalue weighted by Gasteiger charge is -2.14. The lowest BCUT2D eigenvalue weighted by Crippen LogP contribution is -1.98. The van der Waals surface area contributed by atoms with Crippen LogP contribution in [-0.4, -0.2) is 17.1 Å². The largest absolute Gasteiger partial charge is 0.495 e. The number of nitrogens with zero attached hydrogens (tertiary/aromatic N) is 2. The van der Waals surface area contributed by atoms with Crippen LogP contribution in [0.25, 0.3) is 11.0 Å². The van der Waals surface area contributed by atoms with E-state index in [1.807, 2.05) is 44.2 Å². The van der Waals surface area contributed by atoms with Crippen LogP contribution in [0.3, 0.4) is 0 Å². The van der Waals surface area contributed by atoms with Crippen LogP contribution in [0, 0.1) is 13.8 Å². The number of rotatable bonds is 3. The second kappa shape index (κ2) is 5.81. The predicted octanol–water partition coefficient (Wildman–Crippen LogP) is 4.65. The molecule has 112 valence electrons. The fourth-order valence-corrected chi connectivity index (χ4v) is 2.52. The van der Waals surface area contributed by atoms with Crippen molar-refractivity contribution in [3.63, 3.8) is 0 Å². The SMILES string of the molecule is COc1ccc(Cl)cc1Nc1cc(C)nc2nc(C)ccc12. The molecular formula is C17H16ClN3O. The van der Waals surface area contributed by atoms with Crippen LogP contribution in [0.2, 0.25) is 5.02 Å². The van der Waals surface area contributed by atoms with Crippen molar-refractivity contribution in [3.05, 3.63) is 52.8 Å². The van der Waals surface area contributed by atoms with Crippen LogP contribution in [0.5, 0.6) is 5.75 Å². The summed E-state index contributed by atoms with van der Waals surface area (Å²) in [5.41, 5.74) is 4.30. The number of benzene rings is 1. The third-order valence-corrected chi connectivity index (χ3v) is 3.61. The molecule has 0 amide bonds. The first-order chi connectivity index (χ1) is 10.6. The lowest BCUT2D eigenvalue weighted by molar-refractivity contribution is 0.417. The van der Waals surface area contributed by atoms with Crippen molar-refractivity contribution >= 4 is 34.0 Å². The van der Waals surface area contributed by atoms with Gasteiger partial charge in [-0.1, -0.05) is 11.6 Å². The number of hydrogen-bond acceptors (Lipinski definition) is 4. The Morgan fingerprint density at radius 3 is 2.50 bits per heavy atom. The maximum atomic E-state index is 6.09. The molecule has 0 atom stereocenters. The first kappa shape index (κ1) is 14.6. The molecule has 22 heavy (non-hydrogen) atoms. The fraction of sp³-hybridized carbons (Fsp3) is 0.176. The number of aromatic nitrogens is 2. The molecule has 4 nitrogen and oxygen atoms in total. The molecule has 3 aromatic rings. The monoisotopic (exact) mass is 313 g/mol. The normalized spacial score (nSPS) is 10.7. The smallest absolute Gasteiger partial charge is 0.161 e. The van der Waals surface area contributed by atoms with E-state index in [0.717, 1.165) is 39.5 Å². The van der Waals surface area contributed by atoms with Gasteiger partial charge in [-0.25, -0.2) is 9.97 Å². The van der Waals surface area contributed by atoms with Gasteiger partial charge in [-0.2, -0.15) is 0 Å². The van der Waals surface area contributed by atoms with E-state index in [9.17, 15) is 0 Å². The Morgan fingerprint density at radius 2 is 1.73 bits per heavy atom. The highest BCUT2D eigenvalue weighted by molar-refractivity contribution is 6.31. The molecule has 5 heteroatoms. The highest BCUT2D eigenvalue weighted by atomic mass is 35.5. The van der Waals surface area contributed by atoms with Gasteiger partial charge in [0, 0.05) is 21.8 Å². The average molecular weight is 314 g/mol. The minimum Gasteiger partial charge on any atom is -0.495 e. The number of nitrogens with one attached hydrogen (secondary N) is 1. The molecular weight excluding hydrogens is 298 g/mol. The number of anilines is 2. The van der Waals surface area contributed by atoms with Gasteiger partial charge in [0.1, 0.15) is 5.75 Å². The van der Waals surface area contributed by atoms with Crippen LogP contribution in [0.1, 0.15) is 11.4 Å². The quantitative estimate of drug-likeness (QED) is 0.764. The van der Waals surface area contributed by atoms with Crippen LogP contribution < -0.4 is 10.1 Å². The first-order valence-electron chi connectivity index (χ1n) is 6.92. The summed E-state index contributed by atoms with van der Waals surface area (Å²) in [6.07, 6.45) is 0. The van der Waals surface area contributed by atoms with Gasteiger partial charge in [0.05, 0.1) is 18.5 Å². The first-order valence-corrected chi connectivity index (χ1v) is 7.30. The zero-order chi connectivity index (χ0) is 15.7. The zero-order valence-corrected chi connectivity index (χ0v) is 13.4. The van der Waals surface area contributed by atoms with Gasteiger partial charge in [-0.3, -0.25) is 0 Å². The van der Waals surface area contributed by atoms with E-state index in [2.05, 4.69) is 15.3 Å². The van der Waals surface area contributed by atoms with Gasteiger partial charge in [0.2, 0.25) is 0 Å². The van der Waals surface area contributed by atoms with E-state index in [1.165, 1.54) is 0 Å². The Balaban J connectivity index is 2.13. The van der Waals surface area contributed by atoms with Crippen molar-refractivity contribution in [1.82, 2.24) is 9.97 Å². The van der Waals surface area contributed by atoms with E-state index in [4.69, 9.17) is 16.3 Å². The Morgan fingerprint density at radius 1 is 0.955 bits per heavy atom. The second-order valence-electron chi connectivity index (χ2n) is 5.10. The summed E-state index contributed by atoms with van der Waals surface area (Å²) in [6, 6.07) is 11.4. The molecule has 1 N–H and O–H groups in total. The van der Waals surface area contributed by atoms with Crippen molar-refractivity contribution < 1.29 is 4.74 Å². The molecule has 0 unspecified atom stereocenters. The highest BCUT2D eigenvalue weighted by Crippen LogP contribution is 2.33. The molecule has 0 aliphatic rings. The topological polar surface area (TPSA) is 47.0 Å². The van der Waals surface area contributed by atoms with Crippen molar-refractivity contribution in [3.8, 4) is 5.75 Å². The number of ether oxygens (including phenoxy) is 1. The minimum atomic E-state index is 0.646. The lowest BCUT2D eigenvalue weighted by atomic mass is 10.2. The second-order valence-corrected chi connectivity index (χ2v) is 5.54. The zero-order valence-electron chi connectivity index (χ0n) is 12.6. The third kappa shape index (κ3) is 2.83. The standard InChI is InChI=1S/C17H16ClN3O/c1-10-4-6-13-14(8-11(2)20-17(13)19-10)21-15-9-12(18)5-7-16(15)22-3/h4-9H,1-3H3,(H,19,20,21). The molecule has 0 spiro atoms. The van der Waals surface area contributed by atoms with Gasteiger partial charge in [-0.15, -0.1) is 0 Å². The summed E-state index contributed by atoms with van der Waals surface area (Å²) in [5, 5.41) is 4.98. The van der Waals surface area contributed by atoms with Crippen molar-refractivity contribution in [2.45, 2.75) is 13.8 Å². The van der Waals surface area contributed by atoms with Gasteiger partial charge in [0.15, 0.2) is 5.65 Å². The van der Waals surface area contributed by atoms with Crippen LogP contribution in [-0.2, 0) is 0 Å². The predicted molar refractivity (Wildman–Crippen MR) is 90.3 cm³/mol. The number of halogens is 1. The Kier molecular flexibility index (Phi) is 3.86. The number of methoxy groups -OCH3 is 1. The fourth-order valence-electron chi connectivity index (χ4n) is 2.35. The summed E-state index contributed by atoms with van der Waals surface area (Å²) >= 11 is 6.09. The molecule has 0 radical (unpaired) electrons. The molecule has 0 saturated heterocycles. The average Bonchev–Trinajstić information content (AvgIpc) is 2.46. The maximum Gasteiger partial charge on any atom is 0.161 e. The number of fused-ring (bicyclic) bond motifs is 1. The third-order valence-electron chi connectivity index (χ3n) is 3.37.